The molecule has 0 spiro atoms. The molecule has 2 N–H and O–H groups in total. The number of benzene rings is 1. The maximum atomic E-state index is 12.8. The Balaban J connectivity index is 1.98. The quantitative estimate of drug-likeness (QED) is 0.874. The summed E-state index contributed by atoms with van der Waals surface area (Å²) in [4.78, 5) is 39.7. The average Bonchev–Trinajstić information content (AvgIpc) is 2.60. The highest BCUT2D eigenvalue weighted by Gasteiger charge is 2.32. The van der Waals surface area contributed by atoms with E-state index in [0.717, 1.165) is 18.4 Å². The number of piperidine rings is 1. The molecule has 1 saturated heterocycles. The number of nitrogens with zero attached hydrogens (tertiary/aromatic N) is 2. The third-order valence-electron chi connectivity index (χ3n) is 4.43. The van der Waals surface area contributed by atoms with Crippen LogP contribution in [0.2, 0.25) is 0 Å². The molecule has 1 aromatic rings. The molecular weight excluding hydrogens is 346 g/mol. The number of nitrogens with two attached hydrogens (primary N) is 1. The molecule has 1 fully saturated rings. The van der Waals surface area contributed by atoms with Gasteiger partial charge in [0.15, 0.2) is 0 Å². The Morgan fingerprint density at radius 1 is 1.30 bits per heavy atom. The van der Waals surface area contributed by atoms with E-state index in [4.69, 9.17) is 10.5 Å². The van der Waals surface area contributed by atoms with E-state index in [2.05, 4.69) is 0 Å². The van der Waals surface area contributed by atoms with Gasteiger partial charge in [-0.2, -0.15) is 0 Å². The molecule has 0 bridgehead atoms. The monoisotopic (exact) mass is 375 g/mol. The molecular formula is C20H29N3O4. The van der Waals surface area contributed by atoms with Gasteiger partial charge in [-0.1, -0.05) is 12.1 Å². The number of hydrogen-bond acceptors (Lipinski definition) is 4. The van der Waals surface area contributed by atoms with E-state index in [1.807, 2.05) is 26.8 Å². The van der Waals surface area contributed by atoms with Crippen LogP contribution in [0.4, 0.5) is 4.79 Å². The van der Waals surface area contributed by atoms with Crippen LogP contribution in [-0.4, -0.2) is 53.4 Å². The number of likely N-dealkylation sites (tertiary alicyclic amines) is 1. The van der Waals surface area contributed by atoms with E-state index in [-0.39, 0.29) is 17.9 Å². The van der Waals surface area contributed by atoms with Crippen molar-refractivity contribution in [2.24, 2.45) is 11.7 Å². The zero-order chi connectivity index (χ0) is 20.2. The Labute approximate surface area is 160 Å². The van der Waals surface area contributed by atoms with Gasteiger partial charge in [0.2, 0.25) is 11.8 Å². The summed E-state index contributed by atoms with van der Waals surface area (Å²) in [6.45, 7) is 6.81. The van der Waals surface area contributed by atoms with E-state index >= 15 is 0 Å². The number of amides is 3. The van der Waals surface area contributed by atoms with Crippen LogP contribution in [0.15, 0.2) is 24.3 Å². The second kappa shape index (κ2) is 8.41. The normalized spacial score (nSPS) is 17.3. The molecule has 0 radical (unpaired) electrons. The molecule has 1 unspecified atom stereocenters. The number of carbonyl (C=O) groups excluding carboxylic acids is 3. The van der Waals surface area contributed by atoms with Crippen molar-refractivity contribution in [1.82, 2.24) is 9.80 Å². The highest BCUT2D eigenvalue weighted by atomic mass is 16.6. The van der Waals surface area contributed by atoms with Gasteiger partial charge < -0.3 is 20.3 Å². The van der Waals surface area contributed by atoms with Crippen LogP contribution in [0.25, 0.3) is 0 Å². The third kappa shape index (κ3) is 5.98. The first-order valence-corrected chi connectivity index (χ1v) is 9.18. The van der Waals surface area contributed by atoms with E-state index in [9.17, 15) is 14.4 Å². The van der Waals surface area contributed by atoms with Gasteiger partial charge in [-0.25, -0.2) is 4.79 Å². The molecule has 1 aromatic carbocycles. The second-order valence-corrected chi connectivity index (χ2v) is 8.02. The first kappa shape index (κ1) is 20.7. The predicted octanol–water partition coefficient (Wildman–Crippen LogP) is 2.39. The van der Waals surface area contributed by atoms with Gasteiger partial charge in [0.05, 0.1) is 5.92 Å². The minimum Gasteiger partial charge on any atom is -0.444 e. The Hall–Kier alpha value is -2.57. The minimum absolute atomic E-state index is 0.0206. The summed E-state index contributed by atoms with van der Waals surface area (Å²) in [5, 5.41) is 0. The summed E-state index contributed by atoms with van der Waals surface area (Å²) < 4.78 is 5.42. The van der Waals surface area contributed by atoms with Crippen molar-refractivity contribution in [2.45, 2.75) is 45.8 Å². The lowest BCUT2D eigenvalue weighted by molar-refractivity contribution is -0.136. The Morgan fingerprint density at radius 2 is 2.00 bits per heavy atom. The van der Waals surface area contributed by atoms with Gasteiger partial charge >= 0.3 is 6.09 Å². The van der Waals surface area contributed by atoms with Crippen LogP contribution in [0.5, 0.6) is 0 Å². The first-order chi connectivity index (χ1) is 12.6. The first-order valence-electron chi connectivity index (χ1n) is 9.18. The van der Waals surface area contributed by atoms with Crippen molar-refractivity contribution in [3.05, 3.63) is 35.4 Å². The third-order valence-corrected chi connectivity index (χ3v) is 4.43. The molecule has 0 saturated carbocycles. The SMILES string of the molecule is CN(Cc1cccc(C(N)=O)c1)C(=O)C1CCCN(C(=O)OC(C)(C)C)C1. The fourth-order valence-electron chi connectivity index (χ4n) is 3.16. The molecule has 7 heteroatoms. The maximum absolute atomic E-state index is 12.8. The zero-order valence-corrected chi connectivity index (χ0v) is 16.5. The van der Waals surface area contributed by atoms with Gasteiger partial charge in [-0.15, -0.1) is 0 Å². The van der Waals surface area contributed by atoms with Gasteiger partial charge in [-0.3, -0.25) is 9.59 Å². The molecule has 1 aliphatic rings. The average molecular weight is 375 g/mol. The smallest absolute Gasteiger partial charge is 0.410 e. The highest BCUT2D eigenvalue weighted by Crippen LogP contribution is 2.21. The van der Waals surface area contributed by atoms with Crippen molar-refractivity contribution >= 4 is 17.9 Å². The molecule has 3 amide bonds. The molecule has 2 rings (SSSR count). The molecule has 1 atom stereocenters. The van der Waals surface area contributed by atoms with Gasteiger partial charge in [0, 0.05) is 32.2 Å². The van der Waals surface area contributed by atoms with Crippen LogP contribution in [0.1, 0.15) is 49.5 Å². The molecule has 27 heavy (non-hydrogen) atoms. The fraction of sp³-hybridized carbons (Fsp3) is 0.550. The van der Waals surface area contributed by atoms with Crippen molar-refractivity contribution in [1.29, 1.82) is 0 Å². The molecule has 1 heterocycles. The maximum Gasteiger partial charge on any atom is 0.410 e. The summed E-state index contributed by atoms with van der Waals surface area (Å²) in [5.74, 6) is -0.769. The molecule has 148 valence electrons. The van der Waals surface area contributed by atoms with Crippen molar-refractivity contribution in [3.63, 3.8) is 0 Å². The van der Waals surface area contributed by atoms with Crippen LogP contribution >= 0.6 is 0 Å². The highest BCUT2D eigenvalue weighted by molar-refractivity contribution is 5.92. The number of hydrogen-bond donors (Lipinski definition) is 1. The van der Waals surface area contributed by atoms with Gasteiger partial charge in [0.25, 0.3) is 0 Å². The fourth-order valence-corrected chi connectivity index (χ4v) is 3.16. The van der Waals surface area contributed by atoms with E-state index in [1.165, 1.54) is 0 Å². The molecule has 0 aliphatic carbocycles. The molecule has 7 nitrogen and oxygen atoms in total. The van der Waals surface area contributed by atoms with E-state index in [0.29, 0.717) is 25.2 Å². The van der Waals surface area contributed by atoms with Crippen molar-refractivity contribution in [2.75, 3.05) is 20.1 Å². The Morgan fingerprint density at radius 3 is 2.63 bits per heavy atom. The van der Waals surface area contributed by atoms with E-state index < -0.39 is 11.5 Å². The second-order valence-electron chi connectivity index (χ2n) is 8.02. The van der Waals surface area contributed by atoms with Crippen LogP contribution < -0.4 is 5.73 Å². The summed E-state index contributed by atoms with van der Waals surface area (Å²) in [6, 6.07) is 6.94. The molecule has 1 aliphatic heterocycles. The predicted molar refractivity (Wildman–Crippen MR) is 102 cm³/mol. The van der Waals surface area contributed by atoms with Crippen LogP contribution in [0.3, 0.4) is 0 Å². The summed E-state index contributed by atoms with van der Waals surface area (Å²) in [5.41, 5.74) is 6.00. The summed E-state index contributed by atoms with van der Waals surface area (Å²) in [7, 11) is 1.73. The number of carbonyl (C=O) groups is 3. The Kier molecular flexibility index (Phi) is 6.46. The summed E-state index contributed by atoms with van der Waals surface area (Å²) >= 11 is 0. The summed E-state index contributed by atoms with van der Waals surface area (Å²) in [6.07, 6.45) is 1.13. The number of rotatable bonds is 4. The van der Waals surface area contributed by atoms with Crippen molar-refractivity contribution < 1.29 is 19.1 Å². The topological polar surface area (TPSA) is 92.9 Å². The van der Waals surface area contributed by atoms with Crippen LogP contribution in [-0.2, 0) is 16.1 Å². The van der Waals surface area contributed by atoms with Gasteiger partial charge in [-0.05, 0) is 51.3 Å². The largest absolute Gasteiger partial charge is 0.444 e. The van der Waals surface area contributed by atoms with E-state index in [1.54, 1.807) is 35.0 Å². The molecule has 0 aromatic heterocycles. The van der Waals surface area contributed by atoms with Gasteiger partial charge in [0.1, 0.15) is 5.60 Å². The minimum atomic E-state index is -0.559. The van der Waals surface area contributed by atoms with Crippen LogP contribution in [0, 0.1) is 5.92 Å². The number of primary amides is 1. The standard InChI is InChI=1S/C20H29N3O4/c1-20(2,3)27-19(26)23-10-6-9-16(13-23)18(25)22(4)12-14-7-5-8-15(11-14)17(21)24/h5,7-8,11,16H,6,9-10,12-13H2,1-4H3,(H2,21,24). The Bertz CT molecular complexity index is 711. The zero-order valence-electron chi connectivity index (χ0n) is 16.5. The lowest BCUT2D eigenvalue weighted by atomic mass is 9.96. The van der Waals surface area contributed by atoms with Crippen molar-refractivity contribution in [3.8, 4) is 0 Å². The number of ether oxygens (including phenoxy) is 1. The lowest BCUT2D eigenvalue weighted by Gasteiger charge is -2.35. The lowest BCUT2D eigenvalue weighted by Crippen LogP contribution is -2.47.